The molecule has 0 amide bonds. The van der Waals surface area contributed by atoms with Crippen LogP contribution in [0.2, 0.25) is 0 Å². The fraction of sp³-hybridized carbons (Fsp3) is 1.00. The van der Waals surface area contributed by atoms with E-state index >= 15 is 0 Å². The molecule has 1 heterocycles. The molecule has 0 aromatic carbocycles. The smallest absolute Gasteiger partial charge is 0.212 e. The van der Waals surface area contributed by atoms with Gasteiger partial charge in [0.1, 0.15) is 0 Å². The second-order valence-electron chi connectivity index (χ2n) is 4.48. The Morgan fingerprint density at radius 3 is 2.82 bits per heavy atom. The van der Waals surface area contributed by atoms with Crippen LogP contribution in [0.3, 0.4) is 0 Å². The minimum Gasteiger partial charge on any atom is -0.378 e. The van der Waals surface area contributed by atoms with Crippen LogP contribution in [-0.4, -0.2) is 46.5 Å². The van der Waals surface area contributed by atoms with Crippen molar-refractivity contribution in [1.82, 2.24) is 10.0 Å². The molecule has 1 aliphatic rings. The van der Waals surface area contributed by atoms with E-state index in [1.807, 2.05) is 0 Å². The summed E-state index contributed by atoms with van der Waals surface area (Å²) in [4.78, 5) is 0. The maximum atomic E-state index is 11.2. The zero-order chi connectivity index (χ0) is 12.7. The fourth-order valence-electron chi connectivity index (χ4n) is 2.09. The van der Waals surface area contributed by atoms with Gasteiger partial charge in [-0.05, 0) is 26.3 Å². The summed E-state index contributed by atoms with van der Waals surface area (Å²) in [6, 6.07) is 0.396. The molecule has 2 unspecified atom stereocenters. The van der Waals surface area contributed by atoms with Crippen molar-refractivity contribution in [2.24, 2.45) is 0 Å². The third-order valence-electron chi connectivity index (χ3n) is 3.09. The summed E-state index contributed by atoms with van der Waals surface area (Å²) in [6.07, 6.45) is 4.53. The van der Waals surface area contributed by atoms with E-state index in [2.05, 4.69) is 17.0 Å². The lowest BCUT2D eigenvalue weighted by molar-refractivity contribution is -0.00278. The molecule has 0 aromatic rings. The highest BCUT2D eigenvalue weighted by atomic mass is 32.2. The number of sulfonamides is 1. The van der Waals surface area contributed by atoms with E-state index in [0.717, 1.165) is 32.3 Å². The topological polar surface area (TPSA) is 67.4 Å². The third kappa shape index (κ3) is 5.81. The normalized spacial score (nSPS) is 26.0. The van der Waals surface area contributed by atoms with Crippen LogP contribution < -0.4 is 10.0 Å². The van der Waals surface area contributed by atoms with Crippen LogP contribution in [0.15, 0.2) is 0 Å². The number of hydrogen-bond donors (Lipinski definition) is 2. The Labute approximate surface area is 104 Å². The molecule has 6 heteroatoms. The van der Waals surface area contributed by atoms with Crippen molar-refractivity contribution in [2.45, 2.75) is 44.8 Å². The van der Waals surface area contributed by atoms with Crippen molar-refractivity contribution in [3.05, 3.63) is 0 Å². The number of ether oxygens (including phenoxy) is 1. The number of rotatable bonds is 7. The highest BCUT2D eigenvalue weighted by Gasteiger charge is 2.21. The SMILES string of the molecule is CCCC1CC(NCCS(=O)(=O)NC)CCO1. The summed E-state index contributed by atoms with van der Waals surface area (Å²) in [5.41, 5.74) is 0. The second-order valence-corrected chi connectivity index (χ2v) is 6.53. The number of hydrogen-bond acceptors (Lipinski definition) is 4. The van der Waals surface area contributed by atoms with E-state index in [0.29, 0.717) is 18.7 Å². The molecule has 5 nitrogen and oxygen atoms in total. The molecular weight excluding hydrogens is 240 g/mol. The first-order chi connectivity index (χ1) is 8.07. The van der Waals surface area contributed by atoms with Gasteiger partial charge in [-0.3, -0.25) is 0 Å². The Morgan fingerprint density at radius 1 is 1.41 bits per heavy atom. The van der Waals surface area contributed by atoms with Gasteiger partial charge in [-0.1, -0.05) is 13.3 Å². The Hall–Kier alpha value is -0.170. The molecule has 1 saturated heterocycles. The van der Waals surface area contributed by atoms with Crippen molar-refractivity contribution < 1.29 is 13.2 Å². The monoisotopic (exact) mass is 264 g/mol. The zero-order valence-electron chi connectivity index (χ0n) is 10.7. The quantitative estimate of drug-likeness (QED) is 0.701. The first-order valence-corrected chi connectivity index (χ1v) is 7.99. The van der Waals surface area contributed by atoms with Crippen molar-refractivity contribution in [3.8, 4) is 0 Å². The molecule has 2 N–H and O–H groups in total. The zero-order valence-corrected chi connectivity index (χ0v) is 11.6. The number of nitrogens with one attached hydrogen (secondary N) is 2. The average molecular weight is 264 g/mol. The Kier molecular flexibility index (Phi) is 6.40. The van der Waals surface area contributed by atoms with Crippen LogP contribution in [-0.2, 0) is 14.8 Å². The summed E-state index contributed by atoms with van der Waals surface area (Å²) >= 11 is 0. The van der Waals surface area contributed by atoms with Gasteiger partial charge in [0.05, 0.1) is 11.9 Å². The van der Waals surface area contributed by atoms with Crippen LogP contribution in [0.5, 0.6) is 0 Å². The van der Waals surface area contributed by atoms with E-state index in [1.54, 1.807) is 0 Å². The van der Waals surface area contributed by atoms with E-state index in [1.165, 1.54) is 7.05 Å². The van der Waals surface area contributed by atoms with Crippen molar-refractivity contribution in [2.75, 3.05) is 26.0 Å². The van der Waals surface area contributed by atoms with Gasteiger partial charge in [-0.15, -0.1) is 0 Å². The van der Waals surface area contributed by atoms with Crippen molar-refractivity contribution >= 4 is 10.0 Å². The van der Waals surface area contributed by atoms with Crippen molar-refractivity contribution in [1.29, 1.82) is 0 Å². The molecule has 0 aromatic heterocycles. The van der Waals surface area contributed by atoms with Gasteiger partial charge in [0.2, 0.25) is 10.0 Å². The van der Waals surface area contributed by atoms with Gasteiger partial charge in [0.15, 0.2) is 0 Å². The molecule has 0 spiro atoms. The molecule has 1 aliphatic heterocycles. The minimum absolute atomic E-state index is 0.138. The largest absolute Gasteiger partial charge is 0.378 e. The lowest BCUT2D eigenvalue weighted by atomic mass is 10.0. The summed E-state index contributed by atoms with van der Waals surface area (Å²) < 4.78 is 30.4. The average Bonchev–Trinajstić information content (AvgIpc) is 2.30. The first-order valence-electron chi connectivity index (χ1n) is 6.33. The van der Waals surface area contributed by atoms with Crippen LogP contribution in [0, 0.1) is 0 Å². The second kappa shape index (κ2) is 7.31. The molecule has 17 heavy (non-hydrogen) atoms. The molecule has 2 atom stereocenters. The summed E-state index contributed by atoms with van der Waals surface area (Å²) in [5.74, 6) is 0.138. The maximum Gasteiger partial charge on any atom is 0.212 e. The van der Waals surface area contributed by atoms with E-state index in [4.69, 9.17) is 4.74 Å². The molecule has 1 fully saturated rings. The summed E-state index contributed by atoms with van der Waals surface area (Å²) in [6.45, 7) is 3.44. The lowest BCUT2D eigenvalue weighted by Gasteiger charge is -2.30. The van der Waals surface area contributed by atoms with Crippen LogP contribution >= 0.6 is 0 Å². The molecule has 0 radical (unpaired) electrons. The van der Waals surface area contributed by atoms with Gasteiger partial charge < -0.3 is 10.1 Å². The van der Waals surface area contributed by atoms with E-state index in [9.17, 15) is 8.42 Å². The molecule has 0 aliphatic carbocycles. The van der Waals surface area contributed by atoms with Gasteiger partial charge in [-0.2, -0.15) is 0 Å². The van der Waals surface area contributed by atoms with Gasteiger partial charge in [0.25, 0.3) is 0 Å². The Balaban J connectivity index is 2.23. The minimum atomic E-state index is -3.09. The molecular formula is C11H24N2O3S. The summed E-state index contributed by atoms with van der Waals surface area (Å²) in [7, 11) is -1.64. The molecule has 0 bridgehead atoms. The predicted molar refractivity (Wildman–Crippen MR) is 68.5 cm³/mol. The van der Waals surface area contributed by atoms with Crippen LogP contribution in [0.25, 0.3) is 0 Å². The Morgan fingerprint density at radius 2 is 2.18 bits per heavy atom. The maximum absolute atomic E-state index is 11.2. The van der Waals surface area contributed by atoms with Gasteiger partial charge in [-0.25, -0.2) is 13.1 Å². The summed E-state index contributed by atoms with van der Waals surface area (Å²) in [5, 5.41) is 3.30. The van der Waals surface area contributed by atoms with Gasteiger partial charge in [0, 0.05) is 19.2 Å². The van der Waals surface area contributed by atoms with Crippen molar-refractivity contribution in [3.63, 3.8) is 0 Å². The highest BCUT2D eigenvalue weighted by Crippen LogP contribution is 2.17. The van der Waals surface area contributed by atoms with Gasteiger partial charge >= 0.3 is 0 Å². The Bertz CT molecular complexity index is 304. The molecule has 102 valence electrons. The third-order valence-corrected chi connectivity index (χ3v) is 4.46. The first kappa shape index (κ1) is 14.9. The standard InChI is InChI=1S/C11H24N2O3S/c1-3-4-11-9-10(5-7-16-11)13-6-8-17(14,15)12-2/h10-13H,3-9H2,1-2H3. The highest BCUT2D eigenvalue weighted by molar-refractivity contribution is 7.89. The lowest BCUT2D eigenvalue weighted by Crippen LogP contribution is -2.41. The van der Waals surface area contributed by atoms with E-state index in [-0.39, 0.29) is 5.75 Å². The van der Waals surface area contributed by atoms with Crippen LogP contribution in [0.4, 0.5) is 0 Å². The molecule has 1 rings (SSSR count). The fourth-order valence-corrected chi connectivity index (χ4v) is 2.68. The van der Waals surface area contributed by atoms with Crippen LogP contribution in [0.1, 0.15) is 32.6 Å². The predicted octanol–water partition coefficient (Wildman–Crippen LogP) is 0.473. The van der Waals surface area contributed by atoms with E-state index < -0.39 is 10.0 Å². The molecule has 0 saturated carbocycles.